The van der Waals surface area contributed by atoms with Gasteiger partial charge in [-0.25, -0.2) is 0 Å². The number of carbonyl (C=O) groups excluding carboxylic acids is 1. The number of hydrogen-bond donors (Lipinski definition) is 1. The first-order chi connectivity index (χ1) is 4.06. The Morgan fingerprint density at radius 1 is 1.44 bits per heavy atom. The second-order valence-electron chi connectivity index (χ2n) is 3.04. The minimum absolute atomic E-state index is 0.701. The van der Waals surface area contributed by atoms with Crippen LogP contribution in [0.25, 0.3) is 0 Å². The summed E-state index contributed by atoms with van der Waals surface area (Å²) in [6.07, 6.45) is 1.63. The lowest BCUT2D eigenvalue weighted by atomic mass is 10.5. The Bertz CT molecular complexity index is 85.5. The minimum atomic E-state index is 0.701. The molecule has 0 bridgehead atoms. The van der Waals surface area contributed by atoms with E-state index in [4.69, 9.17) is 0 Å². The van der Waals surface area contributed by atoms with Crippen LogP contribution < -0.4 is 5.32 Å². The fourth-order valence-corrected chi connectivity index (χ4v) is 0.442. The van der Waals surface area contributed by atoms with E-state index in [9.17, 15) is 4.79 Å². The molecule has 0 aliphatic heterocycles. The van der Waals surface area contributed by atoms with Crippen LogP contribution in [-0.4, -0.2) is 45.1 Å². The second kappa shape index (κ2) is 3.45. The molecule has 0 fully saturated rings. The molecule has 3 nitrogen and oxygen atoms in total. The summed E-state index contributed by atoms with van der Waals surface area (Å²) in [5.74, 6) is 0. The van der Waals surface area contributed by atoms with E-state index in [0.717, 1.165) is 11.0 Å². The van der Waals surface area contributed by atoms with Gasteiger partial charge < -0.3 is 9.80 Å². The molecule has 0 aliphatic rings. The Balaban J connectivity index is 3.17. The van der Waals surface area contributed by atoms with Gasteiger partial charge in [-0.3, -0.25) is 4.79 Å². The van der Waals surface area contributed by atoms with Gasteiger partial charge in [-0.05, 0) is 0 Å². The molecular formula is C6H14N2O+. The number of hydrogen-bond acceptors (Lipinski definition) is 1. The molecule has 0 aromatic rings. The molecule has 53 valence electrons. The largest absolute Gasteiger partial charge is 0.342 e. The van der Waals surface area contributed by atoms with Gasteiger partial charge in [0, 0.05) is 0 Å². The van der Waals surface area contributed by atoms with Gasteiger partial charge in [0.1, 0.15) is 0 Å². The van der Waals surface area contributed by atoms with E-state index in [2.05, 4.69) is 26.5 Å². The Morgan fingerprint density at radius 3 is 2.33 bits per heavy atom. The number of nitrogens with zero attached hydrogens (tertiary/aromatic N) is 1. The predicted octanol–water partition coefficient (Wildman–Crippen LogP) is -0.651. The lowest BCUT2D eigenvalue weighted by Crippen LogP contribution is -2.40. The normalized spacial score (nSPS) is 11.0. The van der Waals surface area contributed by atoms with Crippen molar-refractivity contribution < 1.29 is 9.28 Å². The number of nitrogens with one attached hydrogen (secondary N) is 1. The van der Waals surface area contributed by atoms with E-state index in [1.807, 2.05) is 0 Å². The lowest BCUT2D eigenvalue weighted by Gasteiger charge is -2.22. The Labute approximate surface area is 56.2 Å². The molecule has 1 amide bonds. The summed E-state index contributed by atoms with van der Waals surface area (Å²) in [5.41, 5.74) is 0. The van der Waals surface area contributed by atoms with E-state index in [1.54, 1.807) is 6.41 Å². The van der Waals surface area contributed by atoms with Crippen LogP contribution >= 0.6 is 0 Å². The highest BCUT2D eigenvalue weighted by molar-refractivity contribution is 5.46. The van der Waals surface area contributed by atoms with Crippen molar-refractivity contribution in [3.63, 3.8) is 0 Å². The highest BCUT2D eigenvalue weighted by atomic mass is 16.1. The molecule has 1 radical (unpaired) electrons. The van der Waals surface area contributed by atoms with Gasteiger partial charge in [-0.1, -0.05) is 0 Å². The molecule has 0 unspecified atom stereocenters. The summed E-state index contributed by atoms with van der Waals surface area (Å²) in [4.78, 5) is 9.65. The fourth-order valence-electron chi connectivity index (χ4n) is 0.442. The topological polar surface area (TPSA) is 29.1 Å². The van der Waals surface area contributed by atoms with Crippen molar-refractivity contribution >= 4 is 6.41 Å². The molecule has 0 spiro atoms. The van der Waals surface area contributed by atoms with E-state index < -0.39 is 0 Å². The van der Waals surface area contributed by atoms with E-state index >= 15 is 0 Å². The summed E-state index contributed by atoms with van der Waals surface area (Å²) in [7, 11) is 6.23. The molecule has 0 aliphatic carbocycles. The van der Waals surface area contributed by atoms with Gasteiger partial charge in [0.15, 0.2) is 0 Å². The molecule has 9 heavy (non-hydrogen) atoms. The standard InChI is InChI=1S/C6H14N2O/c1-8(2,3)5-4-7-6-9/h4-5H2,1-3H3,(H,7,9)/q+1. The molecule has 1 N–H and O–H groups in total. The summed E-state index contributed by atoms with van der Waals surface area (Å²) >= 11 is 0. The maximum Gasteiger partial charge on any atom is 0.309 e. The summed E-state index contributed by atoms with van der Waals surface area (Å²) in [6.45, 7) is 1.64. The zero-order chi connectivity index (χ0) is 7.33. The molecule has 0 saturated carbocycles. The van der Waals surface area contributed by atoms with Gasteiger partial charge in [0.05, 0.1) is 34.2 Å². The van der Waals surface area contributed by atoms with Crippen LogP contribution in [0.4, 0.5) is 0 Å². The zero-order valence-corrected chi connectivity index (χ0v) is 6.27. The average Bonchev–Trinajstić information content (AvgIpc) is 1.63. The zero-order valence-electron chi connectivity index (χ0n) is 6.27. The van der Waals surface area contributed by atoms with Crippen LogP contribution in [0.15, 0.2) is 0 Å². The summed E-state index contributed by atoms with van der Waals surface area (Å²) in [5, 5.41) is 2.48. The minimum Gasteiger partial charge on any atom is -0.342 e. The van der Waals surface area contributed by atoms with Crippen molar-refractivity contribution in [3.05, 3.63) is 0 Å². The Hall–Kier alpha value is -0.570. The molecule has 3 heteroatoms. The quantitative estimate of drug-likeness (QED) is 0.306. The monoisotopic (exact) mass is 130 g/mol. The van der Waals surface area contributed by atoms with Crippen LogP contribution in [0.3, 0.4) is 0 Å². The van der Waals surface area contributed by atoms with Crippen molar-refractivity contribution in [2.24, 2.45) is 0 Å². The van der Waals surface area contributed by atoms with Gasteiger partial charge in [-0.2, -0.15) is 0 Å². The third-order valence-electron chi connectivity index (χ3n) is 0.980. The first-order valence-electron chi connectivity index (χ1n) is 2.97. The van der Waals surface area contributed by atoms with E-state index in [-0.39, 0.29) is 0 Å². The number of likely N-dealkylation sites (N-methyl/N-ethyl adjacent to an activating group) is 1. The van der Waals surface area contributed by atoms with Gasteiger partial charge in [0.2, 0.25) is 0 Å². The van der Waals surface area contributed by atoms with Crippen molar-refractivity contribution in [3.8, 4) is 0 Å². The van der Waals surface area contributed by atoms with Crippen molar-refractivity contribution in [1.82, 2.24) is 5.32 Å². The van der Waals surface area contributed by atoms with Crippen LogP contribution in [0.5, 0.6) is 0 Å². The van der Waals surface area contributed by atoms with E-state index in [1.165, 1.54) is 0 Å². The summed E-state index contributed by atoms with van der Waals surface area (Å²) < 4.78 is 0.870. The third kappa shape index (κ3) is 7.43. The van der Waals surface area contributed by atoms with Gasteiger partial charge in [-0.15, -0.1) is 0 Å². The van der Waals surface area contributed by atoms with Crippen LogP contribution in [0, 0.1) is 0 Å². The summed E-state index contributed by atoms with van der Waals surface area (Å²) in [6, 6.07) is 0. The maximum atomic E-state index is 9.65. The fraction of sp³-hybridized carbons (Fsp3) is 0.833. The van der Waals surface area contributed by atoms with Crippen LogP contribution in [0.2, 0.25) is 0 Å². The first-order valence-corrected chi connectivity index (χ1v) is 2.97. The molecule has 0 aromatic carbocycles. The number of quaternary nitrogens is 1. The smallest absolute Gasteiger partial charge is 0.309 e. The Kier molecular flexibility index (Phi) is 3.24. The predicted molar refractivity (Wildman–Crippen MR) is 36.6 cm³/mol. The maximum absolute atomic E-state index is 9.65. The Morgan fingerprint density at radius 2 is 2.00 bits per heavy atom. The second-order valence-corrected chi connectivity index (χ2v) is 3.04. The van der Waals surface area contributed by atoms with Crippen molar-refractivity contribution in [2.45, 2.75) is 0 Å². The van der Waals surface area contributed by atoms with Crippen molar-refractivity contribution in [1.29, 1.82) is 0 Å². The molecule has 0 aromatic heterocycles. The van der Waals surface area contributed by atoms with Gasteiger partial charge in [0.25, 0.3) is 0 Å². The molecule has 0 rings (SSSR count). The highest BCUT2D eigenvalue weighted by Gasteiger charge is 2.03. The number of rotatable bonds is 4. The molecule has 0 atom stereocenters. The van der Waals surface area contributed by atoms with Gasteiger partial charge >= 0.3 is 6.41 Å². The van der Waals surface area contributed by atoms with Crippen LogP contribution in [0.1, 0.15) is 0 Å². The first kappa shape index (κ1) is 8.43. The average molecular weight is 130 g/mol. The SMILES string of the molecule is C[N+](C)(C)CCN[C]=O. The van der Waals surface area contributed by atoms with Crippen LogP contribution in [-0.2, 0) is 4.79 Å². The third-order valence-corrected chi connectivity index (χ3v) is 0.980. The lowest BCUT2D eigenvalue weighted by molar-refractivity contribution is -0.869. The molecule has 0 heterocycles. The highest BCUT2D eigenvalue weighted by Crippen LogP contribution is 1.85. The number of amides is 1. The molecule has 0 saturated heterocycles. The van der Waals surface area contributed by atoms with E-state index in [0.29, 0.717) is 6.54 Å². The van der Waals surface area contributed by atoms with Crippen molar-refractivity contribution in [2.75, 3.05) is 34.2 Å². The molecular weight excluding hydrogens is 116 g/mol.